The van der Waals surface area contributed by atoms with Crippen molar-refractivity contribution < 1.29 is 4.79 Å². The maximum absolute atomic E-state index is 12.2. The molecule has 0 aliphatic rings. The molecule has 0 heterocycles. The van der Waals surface area contributed by atoms with E-state index in [1.165, 1.54) is 5.56 Å². The smallest absolute Gasteiger partial charge is 0.224 e. The van der Waals surface area contributed by atoms with Crippen LogP contribution in [0.4, 0.5) is 5.69 Å². The maximum atomic E-state index is 12.2. The Kier molecular flexibility index (Phi) is 5.62. The quantitative estimate of drug-likeness (QED) is 0.818. The first-order valence-electron chi connectivity index (χ1n) is 7.64. The minimum atomic E-state index is 0.0423. The van der Waals surface area contributed by atoms with E-state index in [9.17, 15) is 4.79 Å². The van der Waals surface area contributed by atoms with Crippen LogP contribution in [0.1, 0.15) is 35.6 Å². The fourth-order valence-corrected chi connectivity index (χ4v) is 2.66. The highest BCUT2D eigenvalue weighted by Crippen LogP contribution is 2.22. The molecule has 0 aromatic heterocycles. The van der Waals surface area contributed by atoms with Crippen LogP contribution in [0.2, 0.25) is 5.02 Å². The van der Waals surface area contributed by atoms with Gasteiger partial charge in [-0.2, -0.15) is 0 Å². The summed E-state index contributed by atoms with van der Waals surface area (Å²) in [6.07, 6.45) is 2.06. The molecule has 22 heavy (non-hydrogen) atoms. The number of amides is 1. The van der Waals surface area contributed by atoms with E-state index in [2.05, 4.69) is 18.3 Å². The van der Waals surface area contributed by atoms with Crippen molar-refractivity contribution >= 4 is 23.2 Å². The Morgan fingerprint density at radius 1 is 1.14 bits per heavy atom. The van der Waals surface area contributed by atoms with Crippen molar-refractivity contribution in [3.8, 4) is 0 Å². The Labute approximate surface area is 137 Å². The van der Waals surface area contributed by atoms with E-state index in [-0.39, 0.29) is 5.91 Å². The predicted molar refractivity (Wildman–Crippen MR) is 93.7 cm³/mol. The van der Waals surface area contributed by atoms with Gasteiger partial charge in [-0.1, -0.05) is 48.9 Å². The van der Waals surface area contributed by atoms with E-state index in [0.29, 0.717) is 12.8 Å². The Morgan fingerprint density at radius 2 is 1.91 bits per heavy atom. The summed E-state index contributed by atoms with van der Waals surface area (Å²) in [5, 5.41) is 3.81. The molecule has 0 aliphatic heterocycles. The predicted octanol–water partition coefficient (Wildman–Crippen LogP) is 5.09. The molecule has 0 saturated carbocycles. The summed E-state index contributed by atoms with van der Waals surface area (Å²) in [7, 11) is 0. The molecule has 0 aliphatic carbocycles. The summed E-state index contributed by atoms with van der Waals surface area (Å²) in [4.78, 5) is 12.2. The zero-order valence-corrected chi connectivity index (χ0v) is 14.1. The Balaban J connectivity index is 2.00. The monoisotopic (exact) mass is 315 g/mol. The summed E-state index contributed by atoms with van der Waals surface area (Å²) < 4.78 is 0. The zero-order valence-electron chi connectivity index (χ0n) is 13.4. The van der Waals surface area contributed by atoms with Crippen molar-refractivity contribution in [3.63, 3.8) is 0 Å². The highest BCUT2D eigenvalue weighted by molar-refractivity contribution is 6.31. The van der Waals surface area contributed by atoms with E-state index < -0.39 is 0 Å². The number of hydrogen-bond acceptors (Lipinski definition) is 1. The second-order valence-corrected chi connectivity index (χ2v) is 6.00. The minimum absolute atomic E-state index is 0.0423. The fraction of sp³-hybridized carbons (Fsp3) is 0.316. The molecule has 0 saturated heterocycles. The SMILES string of the molecule is CCc1cccc(C)c1NC(=O)CCc1ccc(C)c(Cl)c1. The van der Waals surface area contributed by atoms with Crippen molar-refractivity contribution in [2.75, 3.05) is 5.32 Å². The minimum Gasteiger partial charge on any atom is -0.326 e. The van der Waals surface area contributed by atoms with E-state index in [1.54, 1.807) is 0 Å². The molecule has 0 spiro atoms. The summed E-state index contributed by atoms with van der Waals surface area (Å²) >= 11 is 6.12. The van der Waals surface area contributed by atoms with Crippen molar-refractivity contribution in [1.82, 2.24) is 0 Å². The van der Waals surface area contributed by atoms with Gasteiger partial charge >= 0.3 is 0 Å². The lowest BCUT2D eigenvalue weighted by Crippen LogP contribution is -2.14. The number of hydrogen-bond donors (Lipinski definition) is 1. The normalized spacial score (nSPS) is 10.5. The summed E-state index contributed by atoms with van der Waals surface area (Å²) in [5.74, 6) is 0.0423. The lowest BCUT2D eigenvalue weighted by Gasteiger charge is -2.13. The van der Waals surface area contributed by atoms with E-state index >= 15 is 0 Å². The molecule has 2 aromatic carbocycles. The van der Waals surface area contributed by atoms with Crippen LogP contribution in [-0.4, -0.2) is 5.91 Å². The van der Waals surface area contributed by atoms with Crippen LogP contribution in [0.5, 0.6) is 0 Å². The molecule has 2 rings (SSSR count). The van der Waals surface area contributed by atoms with Gasteiger partial charge in [0.2, 0.25) is 5.91 Å². The molecule has 2 aromatic rings. The second-order valence-electron chi connectivity index (χ2n) is 5.59. The first kappa shape index (κ1) is 16.6. The van der Waals surface area contributed by atoms with Crippen LogP contribution >= 0.6 is 11.6 Å². The second kappa shape index (κ2) is 7.46. The molecule has 3 heteroatoms. The molecule has 0 fully saturated rings. The van der Waals surface area contributed by atoms with Crippen LogP contribution in [0.3, 0.4) is 0 Å². The Bertz CT molecular complexity index is 679. The highest BCUT2D eigenvalue weighted by Gasteiger charge is 2.09. The summed E-state index contributed by atoms with van der Waals surface area (Å²) in [6, 6.07) is 12.1. The molecule has 0 atom stereocenters. The van der Waals surface area contributed by atoms with Gasteiger partial charge in [-0.3, -0.25) is 4.79 Å². The number of para-hydroxylation sites is 1. The van der Waals surface area contributed by atoms with Gasteiger partial charge in [-0.15, -0.1) is 0 Å². The molecular weight excluding hydrogens is 294 g/mol. The van der Waals surface area contributed by atoms with Gasteiger partial charge in [0.05, 0.1) is 0 Å². The van der Waals surface area contributed by atoms with E-state index in [0.717, 1.165) is 33.8 Å². The van der Waals surface area contributed by atoms with Crippen molar-refractivity contribution in [1.29, 1.82) is 0 Å². The summed E-state index contributed by atoms with van der Waals surface area (Å²) in [5.41, 5.74) is 5.38. The molecule has 0 radical (unpaired) electrons. The van der Waals surface area contributed by atoms with Crippen LogP contribution < -0.4 is 5.32 Å². The van der Waals surface area contributed by atoms with Gasteiger partial charge in [0.1, 0.15) is 0 Å². The number of carbonyl (C=O) groups is 1. The number of nitrogens with one attached hydrogen (secondary N) is 1. The van der Waals surface area contributed by atoms with Gasteiger partial charge in [-0.05, 0) is 55.0 Å². The zero-order chi connectivity index (χ0) is 16.1. The number of benzene rings is 2. The third kappa shape index (κ3) is 4.11. The first-order chi connectivity index (χ1) is 10.5. The largest absolute Gasteiger partial charge is 0.326 e. The Hall–Kier alpha value is -1.80. The molecule has 0 unspecified atom stereocenters. The van der Waals surface area contributed by atoms with Gasteiger partial charge in [-0.25, -0.2) is 0 Å². The average Bonchev–Trinajstić information content (AvgIpc) is 2.50. The van der Waals surface area contributed by atoms with Gasteiger partial charge in [0, 0.05) is 17.1 Å². The van der Waals surface area contributed by atoms with Crippen molar-refractivity contribution in [2.24, 2.45) is 0 Å². The average molecular weight is 316 g/mol. The Morgan fingerprint density at radius 3 is 2.59 bits per heavy atom. The number of aryl methyl sites for hydroxylation is 4. The number of carbonyl (C=O) groups excluding carboxylic acids is 1. The highest BCUT2D eigenvalue weighted by atomic mass is 35.5. The summed E-state index contributed by atoms with van der Waals surface area (Å²) in [6.45, 7) is 6.09. The van der Waals surface area contributed by atoms with Gasteiger partial charge < -0.3 is 5.32 Å². The lowest BCUT2D eigenvalue weighted by molar-refractivity contribution is -0.116. The van der Waals surface area contributed by atoms with E-state index in [4.69, 9.17) is 11.6 Å². The van der Waals surface area contributed by atoms with Crippen LogP contribution in [0.15, 0.2) is 36.4 Å². The number of halogens is 1. The number of anilines is 1. The molecule has 1 N–H and O–H groups in total. The first-order valence-corrected chi connectivity index (χ1v) is 8.02. The van der Waals surface area contributed by atoms with Gasteiger partial charge in [0.25, 0.3) is 0 Å². The van der Waals surface area contributed by atoms with E-state index in [1.807, 2.05) is 44.2 Å². The number of rotatable bonds is 5. The van der Waals surface area contributed by atoms with Crippen LogP contribution in [0.25, 0.3) is 0 Å². The van der Waals surface area contributed by atoms with Crippen molar-refractivity contribution in [3.05, 3.63) is 63.7 Å². The van der Waals surface area contributed by atoms with Crippen LogP contribution in [0, 0.1) is 13.8 Å². The molecule has 2 nitrogen and oxygen atoms in total. The standard InChI is InChI=1S/C19H22ClNO/c1-4-16-7-5-6-14(3)19(16)21-18(22)11-10-15-9-8-13(2)17(20)12-15/h5-9,12H,4,10-11H2,1-3H3,(H,21,22). The topological polar surface area (TPSA) is 29.1 Å². The molecule has 0 bridgehead atoms. The maximum Gasteiger partial charge on any atom is 0.224 e. The van der Waals surface area contributed by atoms with Gasteiger partial charge in [0.15, 0.2) is 0 Å². The fourth-order valence-electron chi connectivity index (χ4n) is 2.45. The lowest BCUT2D eigenvalue weighted by atomic mass is 10.0. The van der Waals surface area contributed by atoms with Crippen LogP contribution in [-0.2, 0) is 17.6 Å². The molecule has 1 amide bonds. The van der Waals surface area contributed by atoms with Crippen molar-refractivity contribution in [2.45, 2.75) is 40.0 Å². The third-order valence-electron chi connectivity index (χ3n) is 3.88. The molecule has 116 valence electrons. The molecular formula is C19H22ClNO. The third-order valence-corrected chi connectivity index (χ3v) is 4.29.